The molecule has 2 aromatic rings. The zero-order valence-corrected chi connectivity index (χ0v) is 14.5. The van der Waals surface area contributed by atoms with Crippen LogP contribution in [-0.4, -0.2) is 18.7 Å². The number of nitrogens with one attached hydrogen (secondary N) is 1. The summed E-state index contributed by atoms with van der Waals surface area (Å²) in [7, 11) is 0. The number of carbonyl (C=O) groups is 1. The van der Waals surface area contributed by atoms with Crippen molar-refractivity contribution in [2.45, 2.75) is 6.18 Å². The summed E-state index contributed by atoms with van der Waals surface area (Å²) in [4.78, 5) is 12.2. The lowest BCUT2D eigenvalue weighted by Crippen LogP contribution is -2.19. The van der Waals surface area contributed by atoms with Crippen molar-refractivity contribution in [1.29, 1.82) is 5.26 Å². The molecule has 0 unspecified atom stereocenters. The number of alkyl halides is 3. The van der Waals surface area contributed by atoms with Gasteiger partial charge in [-0.15, -0.1) is 0 Å². The molecule has 0 fully saturated rings. The molecule has 0 spiro atoms. The third-order valence-electron chi connectivity index (χ3n) is 2.92. The van der Waals surface area contributed by atoms with Crippen LogP contribution in [0.15, 0.2) is 36.4 Å². The van der Waals surface area contributed by atoms with Gasteiger partial charge in [0.2, 0.25) is 0 Å². The van der Waals surface area contributed by atoms with Crippen LogP contribution in [0.25, 0.3) is 0 Å². The first kappa shape index (κ1) is 19.0. The number of amides is 1. The maximum Gasteiger partial charge on any atom is 0.422 e. The van der Waals surface area contributed by atoms with Crippen LogP contribution in [0.2, 0.25) is 0 Å². The van der Waals surface area contributed by atoms with E-state index in [-0.39, 0.29) is 22.6 Å². The summed E-state index contributed by atoms with van der Waals surface area (Å²) >= 11 is 1.80. The lowest BCUT2D eigenvalue weighted by atomic mass is 10.1. The molecule has 0 aliphatic heterocycles. The molecule has 2 aromatic carbocycles. The molecule has 0 heterocycles. The molecule has 0 bridgehead atoms. The van der Waals surface area contributed by atoms with Crippen molar-refractivity contribution >= 4 is 34.2 Å². The number of nitriles is 1. The number of halogens is 5. The Bertz CT molecular complexity index is 847. The van der Waals surface area contributed by atoms with E-state index >= 15 is 0 Å². The van der Waals surface area contributed by atoms with E-state index in [1.54, 1.807) is 28.7 Å². The molecule has 25 heavy (non-hydrogen) atoms. The Morgan fingerprint density at radius 1 is 1.24 bits per heavy atom. The molecular formula is C16H9F4IN2O2. The zero-order valence-electron chi connectivity index (χ0n) is 12.3. The zero-order chi connectivity index (χ0) is 18.6. The molecule has 1 amide bonds. The van der Waals surface area contributed by atoms with Gasteiger partial charge in [-0.05, 0) is 59.0 Å². The van der Waals surface area contributed by atoms with Crippen LogP contribution < -0.4 is 10.1 Å². The van der Waals surface area contributed by atoms with Gasteiger partial charge in [0.1, 0.15) is 17.6 Å². The van der Waals surface area contributed by atoms with Crippen LogP contribution in [0, 0.1) is 20.7 Å². The van der Waals surface area contributed by atoms with Crippen LogP contribution in [-0.2, 0) is 0 Å². The number of hydrogen-bond acceptors (Lipinski definition) is 3. The van der Waals surface area contributed by atoms with Gasteiger partial charge in [0, 0.05) is 9.26 Å². The topological polar surface area (TPSA) is 62.1 Å². The Labute approximate surface area is 153 Å². The molecule has 0 radical (unpaired) electrons. The van der Waals surface area contributed by atoms with E-state index in [1.165, 1.54) is 24.3 Å². The number of hydrogen-bond donors (Lipinski definition) is 1. The molecule has 0 saturated heterocycles. The highest BCUT2D eigenvalue weighted by Crippen LogP contribution is 2.25. The third kappa shape index (κ3) is 5.32. The van der Waals surface area contributed by atoms with Gasteiger partial charge in [0.05, 0.1) is 11.1 Å². The minimum atomic E-state index is -4.53. The minimum Gasteiger partial charge on any atom is -0.483 e. The highest BCUT2D eigenvalue weighted by Gasteiger charge is 2.28. The minimum absolute atomic E-state index is 0.157. The smallest absolute Gasteiger partial charge is 0.422 e. The number of rotatable bonds is 4. The van der Waals surface area contributed by atoms with Crippen molar-refractivity contribution in [3.05, 3.63) is 56.9 Å². The molecule has 0 atom stereocenters. The second-order valence-electron chi connectivity index (χ2n) is 4.80. The number of benzene rings is 2. The van der Waals surface area contributed by atoms with E-state index < -0.39 is 24.5 Å². The first-order valence-corrected chi connectivity index (χ1v) is 7.77. The molecule has 2 rings (SSSR count). The van der Waals surface area contributed by atoms with E-state index in [0.717, 1.165) is 12.1 Å². The largest absolute Gasteiger partial charge is 0.483 e. The maximum absolute atomic E-state index is 13.1. The Hall–Kier alpha value is -2.35. The monoisotopic (exact) mass is 464 g/mol. The first-order valence-electron chi connectivity index (χ1n) is 6.70. The molecule has 0 saturated carbocycles. The lowest BCUT2D eigenvalue weighted by molar-refractivity contribution is -0.153. The Morgan fingerprint density at radius 2 is 1.96 bits per heavy atom. The number of ether oxygens (including phenoxy) is 1. The van der Waals surface area contributed by atoms with Crippen LogP contribution in [0.1, 0.15) is 15.9 Å². The van der Waals surface area contributed by atoms with Crippen molar-refractivity contribution < 1.29 is 27.1 Å². The summed E-state index contributed by atoms with van der Waals surface area (Å²) in [5.74, 6) is -1.27. The second-order valence-corrected chi connectivity index (χ2v) is 5.97. The van der Waals surface area contributed by atoms with E-state index in [1.807, 2.05) is 0 Å². The summed E-state index contributed by atoms with van der Waals surface area (Å²) in [6.07, 6.45) is -4.53. The Balaban J connectivity index is 2.17. The van der Waals surface area contributed by atoms with E-state index in [4.69, 9.17) is 5.26 Å². The molecule has 1 N–H and O–H groups in total. The molecule has 0 aliphatic carbocycles. The summed E-state index contributed by atoms with van der Waals surface area (Å²) in [5, 5.41) is 11.5. The van der Waals surface area contributed by atoms with Gasteiger partial charge in [0.25, 0.3) is 5.91 Å². The quantitative estimate of drug-likeness (QED) is 0.536. The fraction of sp³-hybridized carbons (Fsp3) is 0.125. The number of carbonyl (C=O) groups excluding carboxylic acids is 1. The standard InChI is InChI=1S/C16H9F4IN2O2/c17-10-1-3-12(13(21)6-10)15(24)23-11-2-4-14(9(5-11)7-22)25-8-16(18,19)20/h1-6H,8H2,(H,23,24). The van der Waals surface area contributed by atoms with Crippen molar-refractivity contribution in [3.63, 3.8) is 0 Å². The van der Waals surface area contributed by atoms with Crippen molar-refractivity contribution in [2.24, 2.45) is 0 Å². The average molecular weight is 464 g/mol. The van der Waals surface area contributed by atoms with Crippen molar-refractivity contribution in [2.75, 3.05) is 11.9 Å². The van der Waals surface area contributed by atoms with Gasteiger partial charge in [-0.1, -0.05) is 0 Å². The van der Waals surface area contributed by atoms with Crippen LogP contribution >= 0.6 is 22.6 Å². The maximum atomic E-state index is 13.1. The van der Waals surface area contributed by atoms with Gasteiger partial charge < -0.3 is 10.1 Å². The highest BCUT2D eigenvalue weighted by atomic mass is 127. The molecule has 9 heteroatoms. The summed E-state index contributed by atoms with van der Waals surface area (Å²) in [6, 6.07) is 8.99. The van der Waals surface area contributed by atoms with Crippen molar-refractivity contribution in [1.82, 2.24) is 0 Å². The number of anilines is 1. The first-order chi connectivity index (χ1) is 11.7. The molecule has 0 aliphatic rings. The SMILES string of the molecule is N#Cc1cc(NC(=O)c2ccc(F)cc2I)ccc1OCC(F)(F)F. The fourth-order valence-corrected chi connectivity index (χ4v) is 2.57. The molecule has 130 valence electrons. The fourth-order valence-electron chi connectivity index (χ4n) is 1.85. The molecule has 0 aromatic heterocycles. The number of nitrogens with zero attached hydrogens (tertiary/aromatic N) is 1. The van der Waals surface area contributed by atoms with E-state index in [9.17, 15) is 22.4 Å². The lowest BCUT2D eigenvalue weighted by Gasteiger charge is -2.12. The van der Waals surface area contributed by atoms with Crippen LogP contribution in [0.3, 0.4) is 0 Å². The van der Waals surface area contributed by atoms with E-state index in [0.29, 0.717) is 3.57 Å². The average Bonchev–Trinajstić information content (AvgIpc) is 2.52. The normalized spacial score (nSPS) is 10.9. The van der Waals surface area contributed by atoms with Crippen LogP contribution in [0.5, 0.6) is 5.75 Å². The summed E-state index contributed by atoms with van der Waals surface area (Å²) < 4.78 is 54.6. The van der Waals surface area contributed by atoms with Gasteiger partial charge >= 0.3 is 6.18 Å². The summed E-state index contributed by atoms with van der Waals surface area (Å²) in [5.41, 5.74) is 0.259. The second kappa shape index (κ2) is 7.69. The van der Waals surface area contributed by atoms with Crippen LogP contribution in [0.4, 0.5) is 23.2 Å². The molecular weight excluding hydrogens is 455 g/mol. The van der Waals surface area contributed by atoms with Gasteiger partial charge in [-0.3, -0.25) is 4.79 Å². The predicted molar refractivity (Wildman–Crippen MR) is 89.8 cm³/mol. The Kier molecular flexibility index (Phi) is 5.84. The molecule has 4 nitrogen and oxygen atoms in total. The summed E-state index contributed by atoms with van der Waals surface area (Å²) in [6.45, 7) is -1.53. The predicted octanol–water partition coefficient (Wildman–Crippen LogP) is 4.50. The van der Waals surface area contributed by atoms with Gasteiger partial charge in [-0.25, -0.2) is 4.39 Å². The van der Waals surface area contributed by atoms with E-state index in [2.05, 4.69) is 10.1 Å². The third-order valence-corrected chi connectivity index (χ3v) is 3.82. The van der Waals surface area contributed by atoms with Gasteiger partial charge in [0.15, 0.2) is 6.61 Å². The Morgan fingerprint density at radius 3 is 2.56 bits per heavy atom. The van der Waals surface area contributed by atoms with Gasteiger partial charge in [-0.2, -0.15) is 18.4 Å². The highest BCUT2D eigenvalue weighted by molar-refractivity contribution is 14.1. The van der Waals surface area contributed by atoms with Crippen molar-refractivity contribution in [3.8, 4) is 11.8 Å².